The number of hydrazine groups is 1. The molecule has 0 aliphatic heterocycles. The van der Waals surface area contributed by atoms with E-state index in [9.17, 15) is 8.78 Å². The van der Waals surface area contributed by atoms with Crippen LogP contribution in [-0.4, -0.2) is 12.1 Å². The Morgan fingerprint density at radius 3 is 2.80 bits per heavy atom. The molecule has 0 saturated carbocycles. The van der Waals surface area contributed by atoms with Gasteiger partial charge in [0, 0.05) is 11.8 Å². The summed E-state index contributed by atoms with van der Waals surface area (Å²) in [6, 6.07) is 7.12. The quantitative estimate of drug-likeness (QED) is 0.650. The lowest BCUT2D eigenvalue weighted by Gasteiger charge is -2.18. The first-order chi connectivity index (χ1) is 9.67. The number of benzene rings is 1. The van der Waals surface area contributed by atoms with Crippen molar-refractivity contribution in [3.05, 3.63) is 59.3 Å². The van der Waals surface area contributed by atoms with Gasteiger partial charge >= 0.3 is 0 Å². The van der Waals surface area contributed by atoms with Crippen LogP contribution in [0.15, 0.2) is 36.5 Å². The molecule has 0 amide bonds. The minimum absolute atomic E-state index is 0.183. The summed E-state index contributed by atoms with van der Waals surface area (Å²) < 4.78 is 32.1. The van der Waals surface area contributed by atoms with Gasteiger partial charge in [0.1, 0.15) is 0 Å². The molecule has 0 aliphatic carbocycles. The maximum Gasteiger partial charge on any atom is 0.217 e. The molecule has 0 saturated heterocycles. The SMILES string of the molecule is COc1ncccc1C(Cc1cccc(F)c1F)NN. The van der Waals surface area contributed by atoms with Crippen LogP contribution in [-0.2, 0) is 6.42 Å². The van der Waals surface area contributed by atoms with Crippen molar-refractivity contribution in [2.24, 2.45) is 5.84 Å². The third-order valence-electron chi connectivity index (χ3n) is 3.03. The van der Waals surface area contributed by atoms with Gasteiger partial charge in [0.2, 0.25) is 5.88 Å². The number of pyridine rings is 1. The van der Waals surface area contributed by atoms with E-state index >= 15 is 0 Å². The highest BCUT2D eigenvalue weighted by atomic mass is 19.2. The Labute approximate surface area is 115 Å². The Morgan fingerprint density at radius 2 is 2.10 bits per heavy atom. The second kappa shape index (κ2) is 6.40. The van der Waals surface area contributed by atoms with Gasteiger partial charge in [-0.15, -0.1) is 0 Å². The minimum Gasteiger partial charge on any atom is -0.481 e. The van der Waals surface area contributed by atoms with E-state index in [1.165, 1.54) is 19.2 Å². The smallest absolute Gasteiger partial charge is 0.217 e. The number of methoxy groups -OCH3 is 1. The van der Waals surface area contributed by atoms with Crippen LogP contribution in [0.5, 0.6) is 5.88 Å². The molecule has 20 heavy (non-hydrogen) atoms. The van der Waals surface area contributed by atoms with Crippen LogP contribution in [0.3, 0.4) is 0 Å². The molecule has 1 aromatic carbocycles. The number of halogens is 2. The van der Waals surface area contributed by atoms with Gasteiger partial charge in [-0.2, -0.15) is 0 Å². The zero-order valence-electron chi connectivity index (χ0n) is 10.9. The zero-order valence-corrected chi connectivity index (χ0v) is 10.9. The van der Waals surface area contributed by atoms with Gasteiger partial charge in [-0.25, -0.2) is 13.8 Å². The second-order valence-corrected chi connectivity index (χ2v) is 4.24. The first-order valence-electron chi connectivity index (χ1n) is 6.05. The normalized spacial score (nSPS) is 12.2. The highest BCUT2D eigenvalue weighted by Gasteiger charge is 2.18. The lowest BCUT2D eigenvalue weighted by Crippen LogP contribution is -2.30. The number of nitrogens with one attached hydrogen (secondary N) is 1. The number of ether oxygens (including phenoxy) is 1. The van der Waals surface area contributed by atoms with Crippen LogP contribution in [0, 0.1) is 11.6 Å². The van der Waals surface area contributed by atoms with Crippen LogP contribution >= 0.6 is 0 Å². The molecular weight excluding hydrogens is 264 g/mol. The summed E-state index contributed by atoms with van der Waals surface area (Å²) in [5, 5.41) is 0. The molecule has 1 unspecified atom stereocenters. The zero-order chi connectivity index (χ0) is 14.5. The first-order valence-corrected chi connectivity index (χ1v) is 6.05. The molecule has 0 fully saturated rings. The largest absolute Gasteiger partial charge is 0.481 e. The third kappa shape index (κ3) is 2.92. The summed E-state index contributed by atoms with van der Waals surface area (Å²) >= 11 is 0. The molecule has 6 heteroatoms. The molecular formula is C14H15F2N3O. The summed E-state index contributed by atoms with van der Waals surface area (Å²) in [6.07, 6.45) is 1.76. The molecule has 2 aromatic rings. The van der Waals surface area contributed by atoms with Crippen LogP contribution in [0.2, 0.25) is 0 Å². The minimum atomic E-state index is -0.878. The molecule has 4 nitrogen and oxygen atoms in total. The van der Waals surface area contributed by atoms with Gasteiger partial charge in [-0.1, -0.05) is 18.2 Å². The van der Waals surface area contributed by atoms with E-state index in [0.29, 0.717) is 11.4 Å². The third-order valence-corrected chi connectivity index (χ3v) is 3.03. The Morgan fingerprint density at radius 1 is 1.30 bits per heavy atom. The second-order valence-electron chi connectivity index (χ2n) is 4.24. The maximum absolute atomic E-state index is 13.7. The van der Waals surface area contributed by atoms with E-state index in [1.807, 2.05) is 0 Å². The molecule has 0 radical (unpaired) electrons. The van der Waals surface area contributed by atoms with Crippen LogP contribution < -0.4 is 16.0 Å². The highest BCUT2D eigenvalue weighted by Crippen LogP contribution is 2.26. The van der Waals surface area contributed by atoms with Crippen LogP contribution in [0.25, 0.3) is 0 Å². The summed E-state index contributed by atoms with van der Waals surface area (Å²) in [4.78, 5) is 4.06. The van der Waals surface area contributed by atoms with Crippen molar-refractivity contribution >= 4 is 0 Å². The molecule has 0 bridgehead atoms. The van der Waals surface area contributed by atoms with E-state index in [-0.39, 0.29) is 12.0 Å². The molecule has 3 N–H and O–H groups in total. The fraction of sp³-hybridized carbons (Fsp3) is 0.214. The Balaban J connectivity index is 2.31. The lowest BCUT2D eigenvalue weighted by molar-refractivity contribution is 0.381. The van der Waals surface area contributed by atoms with E-state index in [4.69, 9.17) is 10.6 Å². The number of nitrogens with zero attached hydrogens (tertiary/aromatic N) is 1. The lowest BCUT2D eigenvalue weighted by atomic mass is 9.99. The monoisotopic (exact) mass is 279 g/mol. The van der Waals surface area contributed by atoms with Gasteiger partial charge in [0.15, 0.2) is 11.6 Å². The van der Waals surface area contributed by atoms with Crippen molar-refractivity contribution in [1.82, 2.24) is 10.4 Å². The fourth-order valence-corrected chi connectivity index (χ4v) is 2.02. The highest BCUT2D eigenvalue weighted by molar-refractivity contribution is 5.31. The van der Waals surface area contributed by atoms with E-state index in [0.717, 1.165) is 6.07 Å². The Bertz CT molecular complexity index is 592. The number of rotatable bonds is 5. The molecule has 1 heterocycles. The van der Waals surface area contributed by atoms with Crippen LogP contribution in [0.4, 0.5) is 8.78 Å². The number of hydrogen-bond acceptors (Lipinski definition) is 4. The average molecular weight is 279 g/mol. The standard InChI is InChI=1S/C14H15F2N3O/c1-20-14-10(5-3-7-18-14)12(19-17)8-9-4-2-6-11(15)13(9)16/h2-7,12,19H,8,17H2,1H3. The Kier molecular flexibility index (Phi) is 4.60. The van der Waals surface area contributed by atoms with Crippen molar-refractivity contribution in [2.75, 3.05) is 7.11 Å². The number of nitrogens with two attached hydrogens (primary N) is 1. The summed E-state index contributed by atoms with van der Waals surface area (Å²) in [5.74, 6) is 4.17. The average Bonchev–Trinajstić information content (AvgIpc) is 2.49. The number of aromatic nitrogens is 1. The maximum atomic E-state index is 13.7. The molecule has 0 aliphatic rings. The molecule has 1 atom stereocenters. The first kappa shape index (κ1) is 14.4. The molecule has 0 spiro atoms. The van der Waals surface area contributed by atoms with Gasteiger partial charge in [-0.05, 0) is 24.1 Å². The fourth-order valence-electron chi connectivity index (χ4n) is 2.02. The van der Waals surface area contributed by atoms with E-state index in [1.54, 1.807) is 18.3 Å². The predicted octanol–water partition coefficient (Wildman–Crippen LogP) is 2.12. The van der Waals surface area contributed by atoms with E-state index < -0.39 is 17.7 Å². The van der Waals surface area contributed by atoms with Crippen molar-refractivity contribution in [3.63, 3.8) is 0 Å². The van der Waals surface area contributed by atoms with Gasteiger partial charge < -0.3 is 4.74 Å². The summed E-state index contributed by atoms with van der Waals surface area (Å²) in [7, 11) is 1.49. The van der Waals surface area contributed by atoms with Crippen molar-refractivity contribution < 1.29 is 13.5 Å². The molecule has 106 valence electrons. The van der Waals surface area contributed by atoms with Crippen molar-refractivity contribution in [3.8, 4) is 5.88 Å². The molecule has 1 aromatic heterocycles. The topological polar surface area (TPSA) is 60.2 Å². The van der Waals surface area contributed by atoms with E-state index in [2.05, 4.69) is 10.4 Å². The summed E-state index contributed by atoms with van der Waals surface area (Å²) in [5.41, 5.74) is 3.50. The predicted molar refractivity (Wildman–Crippen MR) is 70.9 cm³/mol. The molecule has 2 rings (SSSR count). The van der Waals surface area contributed by atoms with Gasteiger partial charge in [0.25, 0.3) is 0 Å². The van der Waals surface area contributed by atoms with Crippen molar-refractivity contribution in [1.29, 1.82) is 0 Å². The van der Waals surface area contributed by atoms with Crippen molar-refractivity contribution in [2.45, 2.75) is 12.5 Å². The Hall–Kier alpha value is -2.05. The number of hydrogen-bond donors (Lipinski definition) is 2. The summed E-state index contributed by atoms with van der Waals surface area (Å²) in [6.45, 7) is 0. The van der Waals surface area contributed by atoms with Crippen LogP contribution in [0.1, 0.15) is 17.2 Å². The van der Waals surface area contributed by atoms with Gasteiger partial charge in [-0.3, -0.25) is 11.3 Å². The van der Waals surface area contributed by atoms with Gasteiger partial charge in [0.05, 0.1) is 13.2 Å².